The minimum absolute atomic E-state index is 0.967. The summed E-state index contributed by atoms with van der Waals surface area (Å²) in [6, 6.07) is 14.9. The van der Waals surface area contributed by atoms with Crippen LogP contribution >= 0.6 is 34.0 Å². The van der Waals surface area contributed by atoms with Crippen LogP contribution in [0.4, 0.5) is 0 Å². The highest BCUT2D eigenvalue weighted by Crippen LogP contribution is 2.41. The molecule has 21 heavy (non-hydrogen) atoms. The SMILES string of the molecule is c1coc(-c2sc(-c3cccs3)cc2Cc2cccs2)c1. The fourth-order valence-corrected chi connectivity index (χ4v) is 5.02. The molecule has 0 saturated heterocycles. The van der Waals surface area contributed by atoms with Crippen LogP contribution in [0, 0.1) is 0 Å². The van der Waals surface area contributed by atoms with Crippen molar-refractivity contribution in [1.29, 1.82) is 0 Å². The van der Waals surface area contributed by atoms with Gasteiger partial charge in [-0.1, -0.05) is 12.1 Å². The van der Waals surface area contributed by atoms with Gasteiger partial charge in [0.1, 0.15) is 5.76 Å². The maximum absolute atomic E-state index is 5.63. The van der Waals surface area contributed by atoms with Gasteiger partial charge < -0.3 is 4.42 Å². The molecule has 0 spiro atoms. The van der Waals surface area contributed by atoms with E-state index in [9.17, 15) is 0 Å². The molecule has 0 radical (unpaired) electrons. The first-order valence-electron chi connectivity index (χ1n) is 6.63. The van der Waals surface area contributed by atoms with Crippen LogP contribution in [0.15, 0.2) is 63.9 Å². The summed E-state index contributed by atoms with van der Waals surface area (Å²) in [5, 5.41) is 4.26. The average molecular weight is 328 g/mol. The molecular formula is C17H12OS3. The Hall–Kier alpha value is -1.62. The molecular weight excluding hydrogens is 316 g/mol. The van der Waals surface area contributed by atoms with Crippen LogP contribution in [-0.4, -0.2) is 0 Å². The average Bonchev–Trinajstić information content (AvgIpc) is 3.28. The third-order valence-corrected chi connectivity index (χ3v) is 6.40. The number of hydrogen-bond acceptors (Lipinski definition) is 4. The smallest absolute Gasteiger partial charge is 0.144 e. The minimum Gasteiger partial charge on any atom is -0.464 e. The van der Waals surface area contributed by atoms with E-state index in [1.54, 1.807) is 17.6 Å². The third-order valence-electron chi connectivity index (χ3n) is 3.26. The quantitative estimate of drug-likeness (QED) is 0.423. The molecule has 0 amide bonds. The molecule has 0 unspecified atom stereocenters. The Balaban J connectivity index is 1.79. The van der Waals surface area contributed by atoms with Gasteiger partial charge in [-0.05, 0) is 46.7 Å². The van der Waals surface area contributed by atoms with Crippen LogP contribution in [0.3, 0.4) is 0 Å². The van der Waals surface area contributed by atoms with E-state index in [0.29, 0.717) is 0 Å². The van der Waals surface area contributed by atoms with Crippen LogP contribution in [0.2, 0.25) is 0 Å². The van der Waals surface area contributed by atoms with Crippen molar-refractivity contribution in [2.75, 3.05) is 0 Å². The first-order chi connectivity index (χ1) is 10.4. The van der Waals surface area contributed by atoms with Gasteiger partial charge in [0.25, 0.3) is 0 Å². The zero-order valence-electron chi connectivity index (χ0n) is 11.1. The van der Waals surface area contributed by atoms with Gasteiger partial charge in [0.2, 0.25) is 0 Å². The topological polar surface area (TPSA) is 13.1 Å². The first kappa shape index (κ1) is 13.1. The summed E-state index contributed by atoms with van der Waals surface area (Å²) in [7, 11) is 0. The second-order valence-corrected chi connectivity index (χ2v) is 7.71. The van der Waals surface area contributed by atoms with E-state index in [-0.39, 0.29) is 0 Å². The standard InChI is InChI=1S/C17H12OS3/c1-5-14(18-7-1)17-12(10-13-4-2-8-19-13)11-16(21-17)15-6-3-9-20-15/h1-9,11H,10H2. The highest BCUT2D eigenvalue weighted by molar-refractivity contribution is 7.23. The molecule has 1 nitrogen and oxygen atoms in total. The largest absolute Gasteiger partial charge is 0.464 e. The van der Waals surface area contributed by atoms with E-state index in [1.165, 1.54) is 25.1 Å². The van der Waals surface area contributed by atoms with Crippen molar-refractivity contribution in [1.82, 2.24) is 0 Å². The lowest BCUT2D eigenvalue weighted by Gasteiger charge is -1.98. The van der Waals surface area contributed by atoms with Crippen LogP contribution < -0.4 is 0 Å². The van der Waals surface area contributed by atoms with Gasteiger partial charge in [0, 0.05) is 21.1 Å². The summed E-state index contributed by atoms with van der Waals surface area (Å²) in [6.45, 7) is 0. The summed E-state index contributed by atoms with van der Waals surface area (Å²) in [5.41, 5.74) is 1.35. The number of thiophene rings is 3. The maximum atomic E-state index is 5.63. The molecule has 4 aromatic heterocycles. The molecule has 0 bridgehead atoms. The molecule has 4 heterocycles. The van der Waals surface area contributed by atoms with Gasteiger partial charge in [0.15, 0.2) is 0 Å². The fraction of sp³-hybridized carbons (Fsp3) is 0.0588. The lowest BCUT2D eigenvalue weighted by Crippen LogP contribution is -1.83. The maximum Gasteiger partial charge on any atom is 0.144 e. The summed E-state index contributed by atoms with van der Waals surface area (Å²) in [6.07, 6.45) is 2.71. The second kappa shape index (κ2) is 5.64. The van der Waals surface area contributed by atoms with E-state index in [0.717, 1.165) is 12.2 Å². The van der Waals surface area contributed by atoms with Crippen molar-refractivity contribution >= 4 is 34.0 Å². The zero-order chi connectivity index (χ0) is 14.1. The molecule has 4 rings (SSSR count). The molecule has 0 saturated carbocycles. The number of rotatable bonds is 4. The van der Waals surface area contributed by atoms with E-state index in [1.807, 2.05) is 34.8 Å². The highest BCUT2D eigenvalue weighted by Gasteiger charge is 2.15. The second-order valence-electron chi connectivity index (χ2n) is 4.68. The lowest BCUT2D eigenvalue weighted by atomic mass is 10.1. The first-order valence-corrected chi connectivity index (χ1v) is 9.20. The van der Waals surface area contributed by atoms with Gasteiger partial charge in [-0.15, -0.1) is 34.0 Å². The lowest BCUT2D eigenvalue weighted by molar-refractivity contribution is 0.583. The van der Waals surface area contributed by atoms with Gasteiger partial charge in [-0.2, -0.15) is 0 Å². The molecule has 4 aromatic rings. The summed E-state index contributed by atoms with van der Waals surface area (Å²) in [5.74, 6) is 0.967. The molecule has 0 fully saturated rings. The summed E-state index contributed by atoms with van der Waals surface area (Å²) >= 11 is 5.41. The molecule has 0 aliphatic heterocycles. The van der Waals surface area contributed by atoms with Crippen molar-refractivity contribution < 1.29 is 4.42 Å². The summed E-state index contributed by atoms with van der Waals surface area (Å²) < 4.78 is 5.63. The van der Waals surface area contributed by atoms with Crippen LogP contribution in [0.1, 0.15) is 10.4 Å². The van der Waals surface area contributed by atoms with E-state index in [4.69, 9.17) is 4.42 Å². The monoisotopic (exact) mass is 328 g/mol. The van der Waals surface area contributed by atoms with Crippen molar-refractivity contribution in [2.45, 2.75) is 6.42 Å². The zero-order valence-corrected chi connectivity index (χ0v) is 13.6. The molecule has 0 N–H and O–H groups in total. The Morgan fingerprint density at radius 1 is 0.905 bits per heavy atom. The Kier molecular flexibility index (Phi) is 3.51. The van der Waals surface area contributed by atoms with E-state index >= 15 is 0 Å². The highest BCUT2D eigenvalue weighted by atomic mass is 32.1. The minimum atomic E-state index is 0.967. The molecule has 0 aliphatic rings. The van der Waals surface area contributed by atoms with Crippen LogP contribution in [-0.2, 0) is 6.42 Å². The van der Waals surface area contributed by atoms with Gasteiger partial charge in [-0.25, -0.2) is 0 Å². The molecule has 0 aliphatic carbocycles. The Bertz CT molecular complexity index is 806. The normalized spacial score (nSPS) is 11.0. The number of hydrogen-bond donors (Lipinski definition) is 0. The van der Waals surface area contributed by atoms with E-state index in [2.05, 4.69) is 41.1 Å². The van der Waals surface area contributed by atoms with Crippen LogP contribution in [0.5, 0.6) is 0 Å². The molecule has 0 aromatic carbocycles. The van der Waals surface area contributed by atoms with Gasteiger partial charge >= 0.3 is 0 Å². The molecule has 4 heteroatoms. The van der Waals surface area contributed by atoms with Crippen molar-refractivity contribution in [2.24, 2.45) is 0 Å². The van der Waals surface area contributed by atoms with Gasteiger partial charge in [-0.3, -0.25) is 0 Å². The predicted octanol–water partition coefficient (Wildman–Crippen LogP) is 6.39. The van der Waals surface area contributed by atoms with Crippen molar-refractivity contribution in [3.63, 3.8) is 0 Å². The van der Waals surface area contributed by atoms with Crippen molar-refractivity contribution in [3.8, 4) is 20.4 Å². The number of furan rings is 1. The Morgan fingerprint density at radius 2 is 1.81 bits per heavy atom. The summed E-state index contributed by atoms with van der Waals surface area (Å²) in [4.78, 5) is 5.28. The predicted molar refractivity (Wildman–Crippen MR) is 92.5 cm³/mol. The fourth-order valence-electron chi connectivity index (χ4n) is 2.32. The molecule has 104 valence electrons. The van der Waals surface area contributed by atoms with Crippen molar-refractivity contribution in [3.05, 3.63) is 69.9 Å². The molecule has 0 atom stereocenters. The van der Waals surface area contributed by atoms with Gasteiger partial charge in [0.05, 0.1) is 11.1 Å². The van der Waals surface area contributed by atoms with Crippen LogP contribution in [0.25, 0.3) is 20.4 Å². The Labute approximate surface area is 135 Å². The van der Waals surface area contributed by atoms with E-state index < -0.39 is 0 Å². The third kappa shape index (κ3) is 2.62. The Morgan fingerprint density at radius 3 is 2.52 bits per heavy atom.